The van der Waals surface area contributed by atoms with Gasteiger partial charge in [-0.2, -0.15) is 0 Å². The Morgan fingerprint density at radius 1 is 1.17 bits per heavy atom. The van der Waals surface area contributed by atoms with Crippen molar-refractivity contribution in [1.29, 1.82) is 0 Å². The molecule has 0 spiro atoms. The maximum absolute atomic E-state index is 4.39. The molecular weight excluding hydrogens is 222 g/mol. The van der Waals surface area contributed by atoms with Crippen molar-refractivity contribution in [2.75, 3.05) is 7.05 Å². The average Bonchev–Trinajstić information content (AvgIpc) is 2.73. The Balaban J connectivity index is 2.19. The zero-order valence-electron chi connectivity index (χ0n) is 11.4. The molecule has 0 aliphatic carbocycles. The highest BCUT2D eigenvalue weighted by molar-refractivity contribution is 5.23. The van der Waals surface area contributed by atoms with Gasteiger partial charge in [-0.1, -0.05) is 31.2 Å². The molecule has 0 atom stereocenters. The largest absolute Gasteiger partial charge is 0.327 e. The number of hydrogen-bond donors (Lipinski definition) is 1. The van der Waals surface area contributed by atoms with Crippen LogP contribution in [0.1, 0.15) is 29.6 Å². The topological polar surface area (TPSA) is 29.9 Å². The van der Waals surface area contributed by atoms with Gasteiger partial charge in [0.15, 0.2) is 0 Å². The summed E-state index contributed by atoms with van der Waals surface area (Å²) in [5, 5.41) is 3.18. The first-order valence-corrected chi connectivity index (χ1v) is 6.48. The molecule has 3 heteroatoms. The van der Waals surface area contributed by atoms with Gasteiger partial charge in [-0.15, -0.1) is 0 Å². The van der Waals surface area contributed by atoms with Crippen LogP contribution in [0, 0.1) is 6.92 Å². The van der Waals surface area contributed by atoms with Crippen molar-refractivity contribution in [2.24, 2.45) is 0 Å². The Morgan fingerprint density at radius 3 is 2.44 bits per heavy atom. The molecule has 1 heterocycles. The summed E-state index contributed by atoms with van der Waals surface area (Å²) in [7, 11) is 1.96. The molecule has 0 amide bonds. The van der Waals surface area contributed by atoms with E-state index in [-0.39, 0.29) is 0 Å². The van der Waals surface area contributed by atoms with Crippen LogP contribution < -0.4 is 5.32 Å². The number of imidazole rings is 1. The number of hydrogen-bond acceptors (Lipinski definition) is 2. The smallest absolute Gasteiger partial charge is 0.106 e. The second-order valence-electron chi connectivity index (χ2n) is 4.58. The molecule has 1 N–H and O–H groups in total. The van der Waals surface area contributed by atoms with Crippen molar-refractivity contribution in [3.8, 4) is 0 Å². The minimum atomic E-state index is 0.855. The van der Waals surface area contributed by atoms with E-state index in [2.05, 4.69) is 53.0 Å². The maximum atomic E-state index is 4.39. The van der Waals surface area contributed by atoms with Crippen LogP contribution >= 0.6 is 0 Å². The summed E-state index contributed by atoms with van der Waals surface area (Å²) in [6, 6.07) is 8.83. The van der Waals surface area contributed by atoms with Crippen LogP contribution in [-0.4, -0.2) is 16.6 Å². The van der Waals surface area contributed by atoms with Gasteiger partial charge in [0.25, 0.3) is 0 Å². The lowest BCUT2D eigenvalue weighted by Crippen LogP contribution is -2.12. The summed E-state index contributed by atoms with van der Waals surface area (Å²) < 4.78 is 2.26. The number of nitrogens with zero attached hydrogens (tertiary/aromatic N) is 2. The van der Waals surface area contributed by atoms with Crippen molar-refractivity contribution < 1.29 is 0 Å². The Hall–Kier alpha value is -1.61. The van der Waals surface area contributed by atoms with Gasteiger partial charge in [-0.3, -0.25) is 0 Å². The van der Waals surface area contributed by atoms with E-state index < -0.39 is 0 Å². The quantitative estimate of drug-likeness (QED) is 0.874. The lowest BCUT2D eigenvalue weighted by atomic mass is 10.1. The minimum absolute atomic E-state index is 0.855. The molecule has 0 saturated heterocycles. The molecule has 2 aromatic rings. The highest BCUT2D eigenvalue weighted by Gasteiger charge is 2.06. The fourth-order valence-electron chi connectivity index (χ4n) is 2.12. The van der Waals surface area contributed by atoms with Crippen molar-refractivity contribution in [3.63, 3.8) is 0 Å². The van der Waals surface area contributed by atoms with Gasteiger partial charge in [0.1, 0.15) is 5.82 Å². The van der Waals surface area contributed by atoms with Crippen LogP contribution in [0.3, 0.4) is 0 Å². The normalized spacial score (nSPS) is 10.8. The van der Waals surface area contributed by atoms with Gasteiger partial charge in [0.2, 0.25) is 0 Å². The molecule has 0 radical (unpaired) electrons. The molecule has 0 fully saturated rings. The molecule has 0 aliphatic rings. The molecule has 3 nitrogen and oxygen atoms in total. The van der Waals surface area contributed by atoms with Crippen molar-refractivity contribution in [3.05, 3.63) is 53.1 Å². The maximum Gasteiger partial charge on any atom is 0.106 e. The molecule has 0 aliphatic heterocycles. The molecule has 1 aromatic carbocycles. The van der Waals surface area contributed by atoms with Gasteiger partial charge in [-0.05, 0) is 31.5 Å². The Bertz CT molecular complexity index is 497. The standard InChI is InChI=1S/C15H21N3/c1-4-13-5-7-14(8-6-13)11-18-12(2)17-10-15(18)9-16-3/h5-8,10,16H,4,9,11H2,1-3H3. The number of aryl methyl sites for hydroxylation is 2. The van der Waals surface area contributed by atoms with Gasteiger partial charge in [-0.25, -0.2) is 4.98 Å². The van der Waals surface area contributed by atoms with E-state index in [4.69, 9.17) is 0 Å². The second kappa shape index (κ2) is 5.83. The first-order valence-electron chi connectivity index (χ1n) is 6.48. The number of nitrogens with one attached hydrogen (secondary N) is 1. The summed E-state index contributed by atoms with van der Waals surface area (Å²) in [5.74, 6) is 1.07. The summed E-state index contributed by atoms with van der Waals surface area (Å²) in [6.07, 6.45) is 3.04. The lowest BCUT2D eigenvalue weighted by molar-refractivity contribution is 0.676. The number of rotatable bonds is 5. The second-order valence-corrected chi connectivity index (χ2v) is 4.58. The summed E-state index contributed by atoms with van der Waals surface area (Å²) in [4.78, 5) is 4.39. The molecule has 1 aromatic heterocycles. The fraction of sp³-hybridized carbons (Fsp3) is 0.400. The fourth-order valence-corrected chi connectivity index (χ4v) is 2.12. The van der Waals surface area contributed by atoms with Crippen molar-refractivity contribution in [1.82, 2.24) is 14.9 Å². The van der Waals surface area contributed by atoms with E-state index in [1.54, 1.807) is 0 Å². The summed E-state index contributed by atoms with van der Waals surface area (Å²) in [6.45, 7) is 5.99. The van der Waals surface area contributed by atoms with Crippen molar-refractivity contribution >= 4 is 0 Å². The van der Waals surface area contributed by atoms with Crippen LogP contribution in [0.5, 0.6) is 0 Å². The highest BCUT2D eigenvalue weighted by atomic mass is 15.1. The van der Waals surface area contributed by atoms with Gasteiger partial charge >= 0.3 is 0 Å². The minimum Gasteiger partial charge on any atom is -0.327 e. The van der Waals surface area contributed by atoms with Gasteiger partial charge < -0.3 is 9.88 Å². The monoisotopic (exact) mass is 243 g/mol. The zero-order valence-corrected chi connectivity index (χ0v) is 11.4. The van der Waals surface area contributed by atoms with Crippen LogP contribution in [-0.2, 0) is 19.5 Å². The Kier molecular flexibility index (Phi) is 4.15. The summed E-state index contributed by atoms with van der Waals surface area (Å²) in [5.41, 5.74) is 3.94. The van der Waals surface area contributed by atoms with Crippen LogP contribution in [0.2, 0.25) is 0 Å². The predicted molar refractivity (Wildman–Crippen MR) is 74.6 cm³/mol. The zero-order chi connectivity index (χ0) is 13.0. The number of benzene rings is 1. The summed E-state index contributed by atoms with van der Waals surface area (Å²) >= 11 is 0. The third-order valence-electron chi connectivity index (χ3n) is 3.27. The van der Waals surface area contributed by atoms with E-state index in [0.29, 0.717) is 0 Å². The van der Waals surface area contributed by atoms with Crippen molar-refractivity contribution in [2.45, 2.75) is 33.4 Å². The molecule has 2 rings (SSSR count). The Morgan fingerprint density at radius 2 is 1.83 bits per heavy atom. The van der Waals surface area contributed by atoms with E-state index in [1.807, 2.05) is 13.2 Å². The van der Waals surface area contributed by atoms with Crippen LogP contribution in [0.25, 0.3) is 0 Å². The first kappa shape index (κ1) is 12.8. The molecule has 96 valence electrons. The molecule has 0 saturated carbocycles. The van der Waals surface area contributed by atoms with E-state index in [9.17, 15) is 0 Å². The van der Waals surface area contributed by atoms with E-state index >= 15 is 0 Å². The average molecular weight is 243 g/mol. The van der Waals surface area contributed by atoms with E-state index in [1.165, 1.54) is 16.8 Å². The third-order valence-corrected chi connectivity index (χ3v) is 3.27. The lowest BCUT2D eigenvalue weighted by Gasteiger charge is -2.10. The van der Waals surface area contributed by atoms with Gasteiger partial charge in [0.05, 0.1) is 5.69 Å². The SMILES string of the molecule is CCc1ccc(Cn2c(CNC)cnc2C)cc1. The third kappa shape index (κ3) is 2.79. The van der Waals surface area contributed by atoms with Crippen LogP contribution in [0.4, 0.5) is 0 Å². The number of aromatic nitrogens is 2. The van der Waals surface area contributed by atoms with Gasteiger partial charge in [0, 0.05) is 19.3 Å². The van der Waals surface area contributed by atoms with Crippen LogP contribution in [0.15, 0.2) is 30.5 Å². The molecule has 0 unspecified atom stereocenters. The van der Waals surface area contributed by atoms with E-state index in [0.717, 1.165) is 25.3 Å². The molecular formula is C15H21N3. The molecule has 18 heavy (non-hydrogen) atoms. The highest BCUT2D eigenvalue weighted by Crippen LogP contribution is 2.11. The predicted octanol–water partition coefficient (Wildman–Crippen LogP) is 2.52. The Labute approximate surface area is 109 Å². The molecule has 0 bridgehead atoms. The first-order chi connectivity index (χ1) is 8.74.